The fourth-order valence-electron chi connectivity index (χ4n) is 3.54. The van der Waals surface area contributed by atoms with Crippen LogP contribution in [0, 0.1) is 0 Å². The van der Waals surface area contributed by atoms with Gasteiger partial charge in [-0.3, -0.25) is 4.90 Å². The minimum Gasteiger partial charge on any atom is -0.465 e. The maximum atomic E-state index is 10.9. The number of hydrogen-bond donors (Lipinski definition) is 1. The van der Waals surface area contributed by atoms with E-state index in [1.54, 1.807) is 4.90 Å². The summed E-state index contributed by atoms with van der Waals surface area (Å²) < 4.78 is 0. The van der Waals surface area contributed by atoms with Crippen LogP contribution in [-0.2, 0) is 0 Å². The minimum absolute atomic E-state index is 0.569. The molecule has 1 aromatic carbocycles. The van der Waals surface area contributed by atoms with E-state index >= 15 is 0 Å². The molecule has 0 saturated carbocycles. The molecule has 2 fully saturated rings. The highest BCUT2D eigenvalue weighted by atomic mass is 16.4. The van der Waals surface area contributed by atoms with Crippen LogP contribution >= 0.6 is 0 Å². The molecule has 1 unspecified atom stereocenters. The van der Waals surface area contributed by atoms with Crippen LogP contribution in [0.25, 0.3) is 0 Å². The Labute approximate surface area is 120 Å². The van der Waals surface area contributed by atoms with Crippen molar-refractivity contribution in [2.24, 2.45) is 0 Å². The van der Waals surface area contributed by atoms with Crippen LogP contribution in [0.1, 0.15) is 30.7 Å². The lowest BCUT2D eigenvalue weighted by molar-refractivity contribution is 0.104. The fourth-order valence-corrected chi connectivity index (χ4v) is 3.54. The van der Waals surface area contributed by atoms with Gasteiger partial charge in [-0.25, -0.2) is 4.79 Å². The van der Waals surface area contributed by atoms with Crippen LogP contribution in [0.5, 0.6) is 0 Å². The highest BCUT2D eigenvalue weighted by molar-refractivity contribution is 5.65. The number of nitrogens with zero attached hydrogens (tertiary/aromatic N) is 2. The van der Waals surface area contributed by atoms with Gasteiger partial charge in [0.15, 0.2) is 0 Å². The topological polar surface area (TPSA) is 43.8 Å². The molecular formula is C16H22N2O2. The zero-order valence-corrected chi connectivity index (χ0v) is 11.7. The summed E-state index contributed by atoms with van der Waals surface area (Å²) in [6, 6.07) is 11.3. The van der Waals surface area contributed by atoms with E-state index in [2.05, 4.69) is 35.2 Å². The van der Waals surface area contributed by atoms with E-state index in [1.807, 2.05) is 0 Å². The molecule has 2 aliphatic heterocycles. The van der Waals surface area contributed by atoms with Crippen molar-refractivity contribution in [1.29, 1.82) is 0 Å². The van der Waals surface area contributed by atoms with Crippen molar-refractivity contribution < 1.29 is 9.90 Å². The lowest BCUT2D eigenvalue weighted by Gasteiger charge is -2.35. The van der Waals surface area contributed by atoms with Crippen molar-refractivity contribution in [2.75, 3.05) is 26.2 Å². The highest BCUT2D eigenvalue weighted by Gasteiger charge is 2.32. The molecule has 1 aromatic rings. The van der Waals surface area contributed by atoms with Gasteiger partial charge in [0, 0.05) is 25.7 Å². The average Bonchev–Trinajstić information content (AvgIpc) is 2.98. The molecule has 4 heteroatoms. The Bertz CT molecular complexity index is 455. The van der Waals surface area contributed by atoms with Crippen molar-refractivity contribution in [3.05, 3.63) is 35.9 Å². The van der Waals surface area contributed by atoms with Gasteiger partial charge in [0.05, 0.1) is 0 Å². The predicted octanol–water partition coefficient (Wildman–Crippen LogP) is 2.62. The lowest BCUT2D eigenvalue weighted by Crippen LogP contribution is -2.45. The molecule has 0 aromatic heterocycles. The van der Waals surface area contributed by atoms with Crippen molar-refractivity contribution >= 4 is 6.09 Å². The molecule has 0 radical (unpaired) electrons. The molecule has 2 heterocycles. The number of rotatable bonds is 2. The van der Waals surface area contributed by atoms with Gasteiger partial charge in [0.1, 0.15) is 0 Å². The van der Waals surface area contributed by atoms with E-state index in [-0.39, 0.29) is 0 Å². The summed E-state index contributed by atoms with van der Waals surface area (Å²) >= 11 is 0. The Kier molecular flexibility index (Phi) is 3.92. The Balaban J connectivity index is 1.55. The number of benzene rings is 1. The summed E-state index contributed by atoms with van der Waals surface area (Å²) in [4.78, 5) is 15.0. The first-order valence-electron chi connectivity index (χ1n) is 7.51. The lowest BCUT2D eigenvalue weighted by atomic mass is 9.98. The second kappa shape index (κ2) is 5.83. The Hall–Kier alpha value is -1.55. The van der Waals surface area contributed by atoms with Crippen molar-refractivity contribution in [2.45, 2.75) is 31.2 Å². The number of amides is 1. The van der Waals surface area contributed by atoms with E-state index < -0.39 is 6.09 Å². The zero-order chi connectivity index (χ0) is 13.9. The molecule has 1 amide bonds. The number of piperidine rings is 1. The van der Waals surface area contributed by atoms with Gasteiger partial charge < -0.3 is 10.0 Å². The third kappa shape index (κ3) is 2.80. The van der Waals surface area contributed by atoms with Crippen molar-refractivity contribution in [3.63, 3.8) is 0 Å². The highest BCUT2D eigenvalue weighted by Crippen LogP contribution is 2.30. The molecule has 20 heavy (non-hydrogen) atoms. The smallest absolute Gasteiger partial charge is 0.407 e. The number of hydrogen-bond acceptors (Lipinski definition) is 2. The molecule has 0 bridgehead atoms. The van der Waals surface area contributed by atoms with Crippen LogP contribution in [-0.4, -0.2) is 53.2 Å². The van der Waals surface area contributed by atoms with Crippen LogP contribution in [0.2, 0.25) is 0 Å². The Morgan fingerprint density at radius 2 is 1.75 bits per heavy atom. The summed E-state index contributed by atoms with van der Waals surface area (Å²) in [5, 5.41) is 8.99. The van der Waals surface area contributed by atoms with Crippen molar-refractivity contribution in [1.82, 2.24) is 9.80 Å². The maximum Gasteiger partial charge on any atom is 0.407 e. The first-order valence-corrected chi connectivity index (χ1v) is 7.51. The molecule has 3 rings (SSSR count). The molecule has 4 nitrogen and oxygen atoms in total. The zero-order valence-electron chi connectivity index (χ0n) is 11.7. The molecule has 108 valence electrons. The largest absolute Gasteiger partial charge is 0.465 e. The van der Waals surface area contributed by atoms with Gasteiger partial charge in [-0.2, -0.15) is 0 Å². The van der Waals surface area contributed by atoms with Gasteiger partial charge in [-0.1, -0.05) is 30.3 Å². The molecule has 1 N–H and O–H groups in total. The van der Waals surface area contributed by atoms with Gasteiger partial charge in [0.25, 0.3) is 0 Å². The monoisotopic (exact) mass is 274 g/mol. The number of likely N-dealkylation sites (tertiary alicyclic amines) is 2. The summed E-state index contributed by atoms with van der Waals surface area (Å²) in [5.41, 5.74) is 1.44. The summed E-state index contributed by atoms with van der Waals surface area (Å²) in [6.07, 6.45) is 2.41. The first-order chi connectivity index (χ1) is 9.74. The SMILES string of the molecule is O=C(O)N1CCC(N2CCC(c3ccccc3)C2)CC1. The van der Waals surface area contributed by atoms with Gasteiger partial charge >= 0.3 is 6.09 Å². The molecule has 0 aliphatic carbocycles. The molecule has 1 atom stereocenters. The quantitative estimate of drug-likeness (QED) is 0.901. The van der Waals surface area contributed by atoms with E-state index in [0.717, 1.165) is 25.9 Å². The second-order valence-electron chi connectivity index (χ2n) is 5.89. The van der Waals surface area contributed by atoms with Crippen LogP contribution in [0.3, 0.4) is 0 Å². The van der Waals surface area contributed by atoms with Crippen LogP contribution in [0.4, 0.5) is 4.79 Å². The number of carboxylic acid groups (broad SMARTS) is 1. The molecular weight excluding hydrogens is 252 g/mol. The maximum absolute atomic E-state index is 10.9. The standard InChI is InChI=1S/C16H22N2O2/c19-16(20)17-10-7-15(8-11-17)18-9-6-14(12-18)13-4-2-1-3-5-13/h1-5,14-15H,6-12H2,(H,19,20). The van der Waals surface area contributed by atoms with E-state index in [1.165, 1.54) is 12.0 Å². The molecule has 2 saturated heterocycles. The van der Waals surface area contributed by atoms with E-state index in [9.17, 15) is 4.79 Å². The Morgan fingerprint density at radius 3 is 2.40 bits per heavy atom. The fraction of sp³-hybridized carbons (Fsp3) is 0.562. The minimum atomic E-state index is -0.771. The number of carbonyl (C=O) groups is 1. The van der Waals surface area contributed by atoms with E-state index in [4.69, 9.17) is 5.11 Å². The van der Waals surface area contributed by atoms with Gasteiger partial charge in [-0.05, 0) is 37.3 Å². The first kappa shape index (κ1) is 13.4. The third-order valence-electron chi connectivity index (χ3n) is 4.74. The normalized spacial score (nSPS) is 25.0. The second-order valence-corrected chi connectivity index (χ2v) is 5.89. The summed E-state index contributed by atoms with van der Waals surface area (Å²) in [7, 11) is 0. The molecule has 2 aliphatic rings. The third-order valence-corrected chi connectivity index (χ3v) is 4.74. The van der Waals surface area contributed by atoms with E-state index in [0.29, 0.717) is 25.0 Å². The predicted molar refractivity (Wildman–Crippen MR) is 78.0 cm³/mol. The summed E-state index contributed by atoms with van der Waals surface area (Å²) in [5.74, 6) is 0.647. The Morgan fingerprint density at radius 1 is 1.05 bits per heavy atom. The van der Waals surface area contributed by atoms with Gasteiger partial charge in [0.2, 0.25) is 0 Å². The van der Waals surface area contributed by atoms with Crippen molar-refractivity contribution in [3.8, 4) is 0 Å². The van der Waals surface area contributed by atoms with Crippen LogP contribution < -0.4 is 0 Å². The van der Waals surface area contributed by atoms with Gasteiger partial charge in [-0.15, -0.1) is 0 Å². The average molecular weight is 274 g/mol. The summed E-state index contributed by atoms with van der Waals surface area (Å²) in [6.45, 7) is 3.65. The van der Waals surface area contributed by atoms with Crippen LogP contribution in [0.15, 0.2) is 30.3 Å². The molecule has 0 spiro atoms.